The maximum atomic E-state index is 12.1. The van der Waals surface area contributed by atoms with Gasteiger partial charge in [-0.2, -0.15) is 0 Å². The van der Waals surface area contributed by atoms with Gasteiger partial charge in [0.1, 0.15) is 30.4 Å². The summed E-state index contributed by atoms with van der Waals surface area (Å²) in [6.07, 6.45) is 0.506. The van der Waals surface area contributed by atoms with E-state index in [0.717, 1.165) is 12.8 Å². The van der Waals surface area contributed by atoms with E-state index in [1.807, 2.05) is 13.8 Å². The molecule has 8 heteroatoms. The minimum absolute atomic E-state index is 0.162. The Labute approximate surface area is 142 Å². The Kier molecular flexibility index (Phi) is 8.34. The van der Waals surface area contributed by atoms with E-state index < -0.39 is 36.3 Å². The van der Waals surface area contributed by atoms with Gasteiger partial charge in [-0.05, 0) is 25.2 Å². The maximum Gasteiger partial charge on any atom is 0.242 e. The maximum absolute atomic E-state index is 12.1. The molecule has 2 amide bonds. The van der Waals surface area contributed by atoms with Crippen molar-refractivity contribution in [3.05, 3.63) is 12.2 Å². The Morgan fingerprint density at radius 2 is 1.92 bits per heavy atom. The normalized spacial score (nSPS) is 24.1. The molecule has 0 spiro atoms. The summed E-state index contributed by atoms with van der Waals surface area (Å²) in [7, 11) is 0. The van der Waals surface area contributed by atoms with Crippen LogP contribution in [-0.2, 0) is 9.59 Å². The molecule has 1 heterocycles. The predicted octanol–water partition coefficient (Wildman–Crippen LogP) is -1.61. The van der Waals surface area contributed by atoms with Gasteiger partial charge in [0.25, 0.3) is 0 Å². The van der Waals surface area contributed by atoms with Crippen LogP contribution in [0.1, 0.15) is 33.1 Å². The van der Waals surface area contributed by atoms with E-state index in [2.05, 4.69) is 10.6 Å². The topological polar surface area (TPSA) is 145 Å². The summed E-state index contributed by atoms with van der Waals surface area (Å²) in [6, 6.07) is -2.17. The first-order valence-corrected chi connectivity index (χ1v) is 8.30. The summed E-state index contributed by atoms with van der Waals surface area (Å²) >= 11 is 0. The molecule has 0 aliphatic carbocycles. The Morgan fingerprint density at radius 1 is 1.25 bits per heavy atom. The van der Waals surface area contributed by atoms with Gasteiger partial charge in [0, 0.05) is 6.54 Å². The lowest BCUT2D eigenvalue weighted by Gasteiger charge is -2.26. The highest BCUT2D eigenvalue weighted by molar-refractivity contribution is 5.90. The van der Waals surface area contributed by atoms with Gasteiger partial charge in [-0.25, -0.2) is 0 Å². The number of amides is 2. The van der Waals surface area contributed by atoms with Crippen molar-refractivity contribution < 1.29 is 24.9 Å². The number of hydrogen-bond acceptors (Lipinski definition) is 6. The molecule has 1 aliphatic heterocycles. The molecule has 8 nitrogen and oxygen atoms in total. The minimum atomic E-state index is -1.66. The number of carbonyl (C=O) groups excluding carboxylic acids is 2. The number of nitrogens with two attached hydrogens (primary N) is 1. The highest BCUT2D eigenvalue weighted by Crippen LogP contribution is 2.09. The molecule has 0 saturated carbocycles. The smallest absolute Gasteiger partial charge is 0.242 e. The zero-order valence-electron chi connectivity index (χ0n) is 14.2. The second kappa shape index (κ2) is 9.73. The van der Waals surface area contributed by atoms with E-state index in [1.54, 1.807) is 6.08 Å². The van der Waals surface area contributed by atoms with Gasteiger partial charge in [-0.15, -0.1) is 0 Å². The van der Waals surface area contributed by atoms with Crippen LogP contribution in [0.15, 0.2) is 12.2 Å². The molecule has 0 aromatic rings. The summed E-state index contributed by atoms with van der Waals surface area (Å²) < 4.78 is 0. The largest absolute Gasteiger partial charge is 0.388 e. The van der Waals surface area contributed by atoms with Gasteiger partial charge >= 0.3 is 0 Å². The fraction of sp³-hybridized carbons (Fsp3) is 0.750. The summed E-state index contributed by atoms with van der Waals surface area (Å²) in [5.41, 5.74) is 5.67. The van der Waals surface area contributed by atoms with Crippen LogP contribution in [0.4, 0.5) is 0 Å². The highest BCUT2D eigenvalue weighted by Gasteiger charge is 2.34. The molecule has 1 aliphatic rings. The fourth-order valence-electron chi connectivity index (χ4n) is 2.36. The third kappa shape index (κ3) is 6.20. The average Bonchev–Trinajstić information content (AvgIpc) is 2.75. The number of allylic oxidation sites excluding steroid dienone is 1. The Bertz CT molecular complexity index is 455. The van der Waals surface area contributed by atoms with Crippen molar-refractivity contribution >= 4 is 11.8 Å². The fourth-order valence-corrected chi connectivity index (χ4v) is 2.36. The van der Waals surface area contributed by atoms with Crippen LogP contribution in [0.5, 0.6) is 0 Å². The lowest BCUT2D eigenvalue weighted by Crippen LogP contribution is -2.58. The lowest BCUT2D eigenvalue weighted by molar-refractivity contribution is -0.133. The number of carbonyl (C=O) groups is 2. The first-order valence-electron chi connectivity index (χ1n) is 8.30. The second-order valence-corrected chi connectivity index (χ2v) is 6.47. The van der Waals surface area contributed by atoms with Crippen molar-refractivity contribution in [2.45, 2.75) is 63.5 Å². The van der Waals surface area contributed by atoms with Crippen molar-refractivity contribution in [2.75, 3.05) is 6.54 Å². The van der Waals surface area contributed by atoms with Crippen molar-refractivity contribution in [3.63, 3.8) is 0 Å². The van der Waals surface area contributed by atoms with Crippen LogP contribution >= 0.6 is 0 Å². The molecule has 1 saturated heterocycles. The summed E-state index contributed by atoms with van der Waals surface area (Å²) in [5.74, 6) is -0.874. The van der Waals surface area contributed by atoms with Crippen molar-refractivity contribution in [3.8, 4) is 0 Å². The highest BCUT2D eigenvalue weighted by atomic mass is 16.4. The van der Waals surface area contributed by atoms with E-state index in [0.29, 0.717) is 13.0 Å². The van der Waals surface area contributed by atoms with Crippen LogP contribution in [0, 0.1) is 5.92 Å². The molecular weight excluding hydrogens is 314 g/mol. The first kappa shape index (κ1) is 20.6. The van der Waals surface area contributed by atoms with Gasteiger partial charge in [0.15, 0.2) is 0 Å². The van der Waals surface area contributed by atoms with Crippen molar-refractivity contribution in [1.82, 2.24) is 10.6 Å². The van der Waals surface area contributed by atoms with Gasteiger partial charge in [0.05, 0.1) is 0 Å². The third-order valence-electron chi connectivity index (χ3n) is 3.92. The standard InChI is InChI=1S/C16H29N3O5/c1-9(2)6-7-11(20)13(21)14(22)12(17)16(24)19-10-5-3-4-8-18-15(10)23/h6-7,9-14,20-22H,3-5,8,17H2,1-2H3,(H,18,23)(H,19,24)/b7-6+. The molecule has 7 N–H and O–H groups in total. The Hall–Kier alpha value is -1.48. The molecule has 0 bridgehead atoms. The van der Waals surface area contributed by atoms with Crippen LogP contribution in [-0.4, -0.2) is 64.1 Å². The molecule has 0 radical (unpaired) electrons. The SMILES string of the molecule is CC(C)/C=C/C(O)C(O)C(O)C(N)C(=O)NC1CCCCNC1=O. The number of aliphatic hydroxyl groups is 3. The minimum Gasteiger partial charge on any atom is -0.388 e. The predicted molar refractivity (Wildman–Crippen MR) is 88.8 cm³/mol. The van der Waals surface area contributed by atoms with E-state index in [-0.39, 0.29) is 11.8 Å². The number of nitrogens with one attached hydrogen (secondary N) is 2. The van der Waals surface area contributed by atoms with Gasteiger partial charge in [-0.3, -0.25) is 9.59 Å². The quantitative estimate of drug-likeness (QED) is 0.307. The monoisotopic (exact) mass is 343 g/mol. The third-order valence-corrected chi connectivity index (χ3v) is 3.92. The number of hydrogen-bond donors (Lipinski definition) is 6. The number of aliphatic hydroxyl groups excluding tert-OH is 3. The summed E-state index contributed by atoms with van der Waals surface area (Å²) in [5, 5.41) is 34.9. The van der Waals surface area contributed by atoms with Crippen molar-refractivity contribution in [1.29, 1.82) is 0 Å². The lowest BCUT2D eigenvalue weighted by atomic mass is 9.99. The molecular formula is C16H29N3O5. The molecule has 0 aromatic heterocycles. The summed E-state index contributed by atoms with van der Waals surface area (Å²) in [6.45, 7) is 4.35. The molecule has 5 unspecified atom stereocenters. The van der Waals surface area contributed by atoms with E-state index in [4.69, 9.17) is 5.73 Å². The van der Waals surface area contributed by atoms with Crippen LogP contribution in [0.2, 0.25) is 0 Å². The summed E-state index contributed by atoms with van der Waals surface area (Å²) in [4.78, 5) is 23.9. The molecule has 24 heavy (non-hydrogen) atoms. The molecule has 1 fully saturated rings. The van der Waals surface area contributed by atoms with Crippen LogP contribution in [0.25, 0.3) is 0 Å². The zero-order chi connectivity index (χ0) is 18.3. The Morgan fingerprint density at radius 3 is 2.54 bits per heavy atom. The van der Waals surface area contributed by atoms with E-state index in [1.165, 1.54) is 6.08 Å². The second-order valence-electron chi connectivity index (χ2n) is 6.47. The molecule has 5 atom stereocenters. The molecule has 138 valence electrons. The van der Waals surface area contributed by atoms with Gasteiger partial charge < -0.3 is 31.7 Å². The number of rotatable bonds is 7. The van der Waals surface area contributed by atoms with E-state index in [9.17, 15) is 24.9 Å². The van der Waals surface area contributed by atoms with E-state index >= 15 is 0 Å². The van der Waals surface area contributed by atoms with Gasteiger partial charge in [0.2, 0.25) is 11.8 Å². The molecule has 1 rings (SSSR count). The average molecular weight is 343 g/mol. The van der Waals surface area contributed by atoms with Gasteiger partial charge in [-0.1, -0.05) is 26.0 Å². The van der Waals surface area contributed by atoms with Crippen LogP contribution in [0.3, 0.4) is 0 Å². The Balaban J connectivity index is 2.61. The zero-order valence-corrected chi connectivity index (χ0v) is 14.2. The first-order chi connectivity index (χ1) is 11.2. The van der Waals surface area contributed by atoms with Crippen LogP contribution < -0.4 is 16.4 Å². The molecule has 0 aromatic carbocycles. The van der Waals surface area contributed by atoms with Crippen molar-refractivity contribution in [2.24, 2.45) is 11.7 Å².